The van der Waals surface area contributed by atoms with Gasteiger partial charge in [0.05, 0.1) is 6.61 Å². The molecule has 0 aliphatic heterocycles. The van der Waals surface area contributed by atoms with Gasteiger partial charge in [0.25, 0.3) is 11.8 Å². The van der Waals surface area contributed by atoms with Crippen LogP contribution in [0.25, 0.3) is 0 Å². The maximum atomic E-state index is 12.3. The highest BCUT2D eigenvalue weighted by Gasteiger charge is 2.09. The lowest BCUT2D eigenvalue weighted by Gasteiger charge is -2.08. The van der Waals surface area contributed by atoms with Crippen LogP contribution < -0.4 is 15.4 Å². The smallest absolute Gasteiger partial charge is 0.434 e. The van der Waals surface area contributed by atoms with Crippen LogP contribution in [-0.4, -0.2) is 29.6 Å². The van der Waals surface area contributed by atoms with Crippen molar-refractivity contribution in [2.45, 2.75) is 13.5 Å². The number of benzene rings is 2. The zero-order valence-electron chi connectivity index (χ0n) is 16.8. The second-order valence-electron chi connectivity index (χ2n) is 6.36. The number of aromatic nitrogens is 1. The lowest BCUT2D eigenvalue weighted by Crippen LogP contribution is -2.22. The number of hydrogen-bond donors (Lipinski definition) is 2. The number of rotatable bonds is 7. The first-order valence-electron chi connectivity index (χ1n) is 9.59. The summed E-state index contributed by atoms with van der Waals surface area (Å²) in [6, 6.07) is 18.4. The van der Waals surface area contributed by atoms with Gasteiger partial charge in [-0.3, -0.25) is 14.6 Å². The summed E-state index contributed by atoms with van der Waals surface area (Å²) in [5.74, 6) is -0.273. The summed E-state index contributed by atoms with van der Waals surface area (Å²) < 4.78 is 9.66. The first-order chi connectivity index (χ1) is 15.0. The van der Waals surface area contributed by atoms with E-state index in [9.17, 15) is 14.4 Å². The Labute approximate surface area is 179 Å². The van der Waals surface area contributed by atoms with Crippen LogP contribution in [0.4, 0.5) is 10.5 Å². The second-order valence-corrected chi connectivity index (χ2v) is 6.36. The van der Waals surface area contributed by atoms with Gasteiger partial charge in [-0.1, -0.05) is 18.2 Å². The van der Waals surface area contributed by atoms with Crippen LogP contribution >= 0.6 is 0 Å². The van der Waals surface area contributed by atoms with E-state index in [-0.39, 0.29) is 18.4 Å². The Hall–Kier alpha value is -4.20. The Morgan fingerprint density at radius 3 is 2.29 bits per heavy atom. The molecule has 2 N–H and O–H groups in total. The van der Waals surface area contributed by atoms with Crippen LogP contribution in [0.3, 0.4) is 0 Å². The molecule has 158 valence electrons. The van der Waals surface area contributed by atoms with Crippen molar-refractivity contribution in [3.05, 3.63) is 89.7 Å². The highest BCUT2D eigenvalue weighted by atomic mass is 16.7. The highest BCUT2D eigenvalue weighted by Crippen LogP contribution is 2.14. The maximum Gasteiger partial charge on any atom is 0.513 e. The van der Waals surface area contributed by atoms with E-state index in [0.717, 1.165) is 5.56 Å². The van der Waals surface area contributed by atoms with Gasteiger partial charge in [0.15, 0.2) is 0 Å². The van der Waals surface area contributed by atoms with Crippen LogP contribution in [0.2, 0.25) is 0 Å². The molecule has 0 fully saturated rings. The molecule has 0 spiro atoms. The summed E-state index contributed by atoms with van der Waals surface area (Å²) >= 11 is 0. The zero-order valence-corrected chi connectivity index (χ0v) is 16.8. The third-order valence-corrected chi connectivity index (χ3v) is 4.14. The van der Waals surface area contributed by atoms with E-state index in [2.05, 4.69) is 15.6 Å². The fraction of sp³-hybridized carbons (Fsp3) is 0.130. The van der Waals surface area contributed by atoms with Crippen molar-refractivity contribution in [1.29, 1.82) is 0 Å². The van der Waals surface area contributed by atoms with Gasteiger partial charge in [0.1, 0.15) is 11.4 Å². The molecule has 0 unspecified atom stereocenters. The SMILES string of the molecule is CCOC(=O)Oc1ccc(C(=O)NCc2ccc(NC(=O)c3ccccn3)cc2)cc1. The molecule has 0 saturated heterocycles. The van der Waals surface area contributed by atoms with Gasteiger partial charge < -0.3 is 20.1 Å². The van der Waals surface area contributed by atoms with Gasteiger partial charge in [-0.15, -0.1) is 0 Å². The average Bonchev–Trinajstić information content (AvgIpc) is 2.79. The Morgan fingerprint density at radius 1 is 0.903 bits per heavy atom. The molecule has 0 atom stereocenters. The number of ether oxygens (including phenoxy) is 2. The van der Waals surface area contributed by atoms with E-state index in [0.29, 0.717) is 29.2 Å². The van der Waals surface area contributed by atoms with Crippen molar-refractivity contribution < 1.29 is 23.9 Å². The van der Waals surface area contributed by atoms with Crippen LogP contribution in [-0.2, 0) is 11.3 Å². The van der Waals surface area contributed by atoms with E-state index >= 15 is 0 Å². The molecule has 0 bridgehead atoms. The van der Waals surface area contributed by atoms with Crippen molar-refractivity contribution in [2.24, 2.45) is 0 Å². The Morgan fingerprint density at radius 2 is 1.65 bits per heavy atom. The molecule has 0 saturated carbocycles. The molecule has 2 aromatic carbocycles. The quantitative estimate of drug-likeness (QED) is 0.446. The minimum atomic E-state index is -0.792. The highest BCUT2D eigenvalue weighted by molar-refractivity contribution is 6.02. The van der Waals surface area contributed by atoms with E-state index in [4.69, 9.17) is 9.47 Å². The fourth-order valence-corrected chi connectivity index (χ4v) is 2.60. The number of carbonyl (C=O) groups excluding carboxylic acids is 3. The van der Waals surface area contributed by atoms with Crippen molar-refractivity contribution in [1.82, 2.24) is 10.3 Å². The lowest BCUT2D eigenvalue weighted by atomic mass is 10.1. The molecule has 0 radical (unpaired) electrons. The number of anilines is 1. The van der Waals surface area contributed by atoms with E-state index in [1.165, 1.54) is 12.1 Å². The van der Waals surface area contributed by atoms with Gasteiger partial charge in [-0.25, -0.2) is 4.79 Å². The van der Waals surface area contributed by atoms with Crippen LogP contribution in [0, 0.1) is 0 Å². The van der Waals surface area contributed by atoms with E-state index in [1.807, 2.05) is 12.1 Å². The number of nitrogens with one attached hydrogen (secondary N) is 2. The van der Waals surface area contributed by atoms with Crippen LogP contribution in [0.5, 0.6) is 5.75 Å². The lowest BCUT2D eigenvalue weighted by molar-refractivity contribution is 0.0950. The van der Waals surface area contributed by atoms with Crippen molar-refractivity contribution in [3.63, 3.8) is 0 Å². The third kappa shape index (κ3) is 6.40. The van der Waals surface area contributed by atoms with Gasteiger partial charge in [0.2, 0.25) is 0 Å². The number of hydrogen-bond acceptors (Lipinski definition) is 6. The fourth-order valence-electron chi connectivity index (χ4n) is 2.60. The Kier molecular flexibility index (Phi) is 7.31. The molecule has 0 aliphatic rings. The molecular weight excluding hydrogens is 398 g/mol. The summed E-state index contributed by atoms with van der Waals surface area (Å²) in [6.07, 6.45) is 0.765. The van der Waals surface area contributed by atoms with Crippen LogP contribution in [0.1, 0.15) is 33.3 Å². The summed E-state index contributed by atoms with van der Waals surface area (Å²) in [7, 11) is 0. The molecule has 1 aromatic heterocycles. The minimum Gasteiger partial charge on any atom is -0.434 e. The molecule has 31 heavy (non-hydrogen) atoms. The normalized spacial score (nSPS) is 10.1. The van der Waals surface area contributed by atoms with Crippen molar-refractivity contribution >= 4 is 23.7 Å². The first-order valence-corrected chi connectivity index (χ1v) is 9.59. The second kappa shape index (κ2) is 10.5. The van der Waals surface area contributed by atoms with E-state index < -0.39 is 6.16 Å². The topological polar surface area (TPSA) is 107 Å². The number of carbonyl (C=O) groups is 3. The molecule has 0 aliphatic carbocycles. The third-order valence-electron chi connectivity index (χ3n) is 4.14. The van der Waals surface area contributed by atoms with Crippen LogP contribution in [0.15, 0.2) is 72.9 Å². The minimum absolute atomic E-state index is 0.219. The standard InChI is InChI=1S/C23H21N3O5/c1-2-30-23(29)31-19-12-8-17(9-13-19)21(27)25-15-16-6-10-18(11-7-16)26-22(28)20-5-3-4-14-24-20/h3-14H,2,15H2,1H3,(H,25,27)(H,26,28). The average molecular weight is 419 g/mol. The number of nitrogens with zero attached hydrogens (tertiary/aromatic N) is 1. The predicted molar refractivity (Wildman–Crippen MR) is 114 cm³/mol. The monoisotopic (exact) mass is 419 g/mol. The van der Waals surface area contributed by atoms with Gasteiger partial charge in [0, 0.05) is 24.0 Å². The summed E-state index contributed by atoms with van der Waals surface area (Å²) in [5, 5.41) is 5.58. The van der Waals surface area contributed by atoms with Crippen molar-refractivity contribution in [3.8, 4) is 5.75 Å². The van der Waals surface area contributed by atoms with Gasteiger partial charge in [-0.05, 0) is 61.0 Å². The summed E-state index contributed by atoms with van der Waals surface area (Å²) in [5.41, 5.74) is 2.25. The Bertz CT molecular complexity index is 1040. The zero-order chi connectivity index (χ0) is 22.1. The largest absolute Gasteiger partial charge is 0.513 e. The molecule has 3 rings (SSSR count). The maximum absolute atomic E-state index is 12.3. The summed E-state index contributed by atoms with van der Waals surface area (Å²) in [6.45, 7) is 2.21. The van der Waals surface area contributed by atoms with Gasteiger partial charge in [-0.2, -0.15) is 0 Å². The molecule has 2 amide bonds. The van der Waals surface area contributed by atoms with E-state index in [1.54, 1.807) is 55.6 Å². The number of pyridine rings is 1. The van der Waals surface area contributed by atoms with Gasteiger partial charge >= 0.3 is 6.16 Å². The molecule has 8 nitrogen and oxygen atoms in total. The van der Waals surface area contributed by atoms with Crippen molar-refractivity contribution in [2.75, 3.05) is 11.9 Å². The predicted octanol–water partition coefficient (Wildman–Crippen LogP) is 3.80. The number of amides is 2. The Balaban J connectivity index is 1.50. The molecular formula is C23H21N3O5. The molecule has 3 aromatic rings. The molecule has 8 heteroatoms. The summed E-state index contributed by atoms with van der Waals surface area (Å²) in [4.78, 5) is 39.7. The molecule has 1 heterocycles. The first kappa shape index (κ1) is 21.5.